The Morgan fingerprint density at radius 1 is 1.39 bits per heavy atom. The third kappa shape index (κ3) is 2.66. The van der Waals surface area contributed by atoms with Gasteiger partial charge in [0.1, 0.15) is 11.9 Å². The second-order valence-corrected chi connectivity index (χ2v) is 5.31. The first-order valence-electron chi connectivity index (χ1n) is 6.93. The molecule has 2 atom stereocenters. The maximum atomic E-state index is 13.9. The second kappa shape index (κ2) is 5.64. The number of nitrogens with zero attached hydrogens (tertiary/aromatic N) is 1. The van der Waals surface area contributed by atoms with Crippen LogP contribution in [0.2, 0.25) is 0 Å². The van der Waals surface area contributed by atoms with Gasteiger partial charge >= 0.3 is 18.4 Å². The van der Waals surface area contributed by atoms with Gasteiger partial charge < -0.3 is 20.1 Å². The number of benzene rings is 1. The van der Waals surface area contributed by atoms with Gasteiger partial charge in [-0.15, -0.1) is 0 Å². The van der Waals surface area contributed by atoms with E-state index in [2.05, 4.69) is 4.74 Å². The number of amides is 2. The zero-order valence-corrected chi connectivity index (χ0v) is 11.8. The van der Waals surface area contributed by atoms with Crippen molar-refractivity contribution in [1.29, 1.82) is 0 Å². The van der Waals surface area contributed by atoms with Gasteiger partial charge in [-0.05, 0) is 18.9 Å². The Balaban J connectivity index is 1.98. The van der Waals surface area contributed by atoms with Crippen molar-refractivity contribution in [2.75, 3.05) is 6.54 Å². The molecule has 0 aromatic heterocycles. The van der Waals surface area contributed by atoms with E-state index >= 15 is 0 Å². The molecular formula is C14H13F3N2O4. The summed E-state index contributed by atoms with van der Waals surface area (Å²) in [6.07, 6.45) is 0.675. The van der Waals surface area contributed by atoms with Crippen LogP contribution in [-0.2, 0) is 9.59 Å². The van der Waals surface area contributed by atoms with Crippen molar-refractivity contribution in [2.24, 2.45) is 5.73 Å². The summed E-state index contributed by atoms with van der Waals surface area (Å²) in [6.45, 7) is -2.89. The molecular weight excluding hydrogens is 317 g/mol. The fourth-order valence-electron chi connectivity index (χ4n) is 3.05. The Morgan fingerprint density at radius 3 is 2.78 bits per heavy atom. The molecule has 0 saturated carbocycles. The Hall–Kier alpha value is -2.45. The predicted molar refractivity (Wildman–Crippen MR) is 70.3 cm³/mol. The lowest BCUT2D eigenvalue weighted by molar-refractivity contribution is -0.148. The van der Waals surface area contributed by atoms with Crippen LogP contribution in [0.3, 0.4) is 0 Å². The predicted octanol–water partition coefficient (Wildman–Crippen LogP) is 1.34. The van der Waals surface area contributed by atoms with Gasteiger partial charge in [0.05, 0.1) is 6.04 Å². The van der Waals surface area contributed by atoms with E-state index in [0.29, 0.717) is 18.4 Å². The highest BCUT2D eigenvalue weighted by atomic mass is 19.3. The Labute approximate surface area is 128 Å². The van der Waals surface area contributed by atoms with Crippen molar-refractivity contribution in [2.45, 2.75) is 31.6 Å². The topological polar surface area (TPSA) is 81.9 Å². The monoisotopic (exact) mass is 330 g/mol. The minimum atomic E-state index is -3.17. The van der Waals surface area contributed by atoms with Gasteiger partial charge in [0, 0.05) is 18.2 Å². The highest BCUT2D eigenvalue weighted by Gasteiger charge is 2.44. The van der Waals surface area contributed by atoms with Crippen LogP contribution in [0.25, 0.3) is 0 Å². The highest BCUT2D eigenvalue weighted by molar-refractivity contribution is 6.34. The summed E-state index contributed by atoms with van der Waals surface area (Å²) in [5, 5.41) is 0. The van der Waals surface area contributed by atoms with E-state index < -0.39 is 42.1 Å². The lowest BCUT2D eigenvalue weighted by Gasteiger charge is -2.35. The number of halogens is 3. The van der Waals surface area contributed by atoms with Gasteiger partial charge in [0.2, 0.25) is 0 Å². The number of carbonyl (C=O) groups excluding carboxylic acids is 2. The molecule has 0 aliphatic carbocycles. The van der Waals surface area contributed by atoms with Gasteiger partial charge in [-0.2, -0.15) is 8.78 Å². The molecule has 1 aromatic carbocycles. The van der Waals surface area contributed by atoms with Crippen molar-refractivity contribution < 1.29 is 32.2 Å². The van der Waals surface area contributed by atoms with Crippen molar-refractivity contribution in [3.05, 3.63) is 23.5 Å². The number of carbonyl (C=O) groups is 2. The Morgan fingerprint density at radius 2 is 2.13 bits per heavy atom. The number of alkyl halides is 2. The molecule has 1 aromatic rings. The average molecular weight is 330 g/mol. The van der Waals surface area contributed by atoms with Crippen LogP contribution in [-0.4, -0.2) is 36.0 Å². The molecule has 23 heavy (non-hydrogen) atoms. The van der Waals surface area contributed by atoms with E-state index in [-0.39, 0.29) is 12.3 Å². The SMILES string of the molecule is NC(=O)C(=O)N1CCCC2Oc3cc(OC(F)F)c(F)cc3C21. The summed E-state index contributed by atoms with van der Waals surface area (Å²) in [5.41, 5.74) is 5.34. The Bertz CT molecular complexity index is 668. The number of hydrogen-bond donors (Lipinski definition) is 1. The molecule has 124 valence electrons. The van der Waals surface area contributed by atoms with Gasteiger partial charge in [-0.25, -0.2) is 4.39 Å². The summed E-state index contributed by atoms with van der Waals surface area (Å²) in [6, 6.07) is 1.35. The van der Waals surface area contributed by atoms with Crippen LogP contribution in [0, 0.1) is 5.82 Å². The molecule has 9 heteroatoms. The molecule has 2 amide bonds. The minimum absolute atomic E-state index is 0.154. The van der Waals surface area contributed by atoms with E-state index in [1.807, 2.05) is 0 Å². The van der Waals surface area contributed by atoms with Crippen molar-refractivity contribution in [1.82, 2.24) is 4.90 Å². The van der Waals surface area contributed by atoms with Crippen molar-refractivity contribution >= 4 is 11.8 Å². The average Bonchev–Trinajstić information content (AvgIpc) is 2.83. The number of nitrogens with two attached hydrogens (primary N) is 1. The fourth-order valence-corrected chi connectivity index (χ4v) is 3.05. The van der Waals surface area contributed by atoms with Crippen molar-refractivity contribution in [3.63, 3.8) is 0 Å². The lowest BCUT2D eigenvalue weighted by atomic mass is 9.94. The molecule has 1 saturated heterocycles. The van der Waals surface area contributed by atoms with Crippen LogP contribution in [0.4, 0.5) is 13.2 Å². The lowest BCUT2D eigenvalue weighted by Crippen LogP contribution is -2.48. The molecule has 0 spiro atoms. The molecule has 0 radical (unpaired) electrons. The molecule has 2 aliphatic rings. The molecule has 1 fully saturated rings. The highest BCUT2D eigenvalue weighted by Crippen LogP contribution is 2.46. The Kier molecular flexibility index (Phi) is 3.78. The minimum Gasteiger partial charge on any atom is -0.487 e. The van der Waals surface area contributed by atoms with E-state index in [1.165, 1.54) is 4.90 Å². The molecule has 2 heterocycles. The van der Waals surface area contributed by atoms with Gasteiger partial charge in [0.25, 0.3) is 0 Å². The van der Waals surface area contributed by atoms with Crippen molar-refractivity contribution in [3.8, 4) is 11.5 Å². The first-order chi connectivity index (χ1) is 10.9. The zero-order chi connectivity index (χ0) is 16.7. The third-order valence-corrected chi connectivity index (χ3v) is 3.92. The molecule has 0 bridgehead atoms. The molecule has 6 nitrogen and oxygen atoms in total. The number of primary amides is 1. The molecule has 2 aliphatic heterocycles. The van der Waals surface area contributed by atoms with Gasteiger partial charge in [0.15, 0.2) is 11.6 Å². The summed E-state index contributed by atoms with van der Waals surface area (Å²) in [4.78, 5) is 24.3. The van der Waals surface area contributed by atoms with Crippen LogP contribution in [0.15, 0.2) is 12.1 Å². The first-order valence-corrected chi connectivity index (χ1v) is 6.93. The second-order valence-electron chi connectivity index (χ2n) is 5.31. The standard InChI is InChI=1S/C14H13F3N2O4/c15-7-4-6-9(5-10(7)23-14(16)17)22-8-2-1-3-19(11(6)8)13(21)12(18)20/h4-5,8,11,14H,1-3H2,(H2,18,20). The number of rotatable bonds is 2. The summed E-state index contributed by atoms with van der Waals surface area (Å²) in [7, 11) is 0. The number of ether oxygens (including phenoxy) is 2. The fraction of sp³-hybridized carbons (Fsp3) is 0.429. The van der Waals surface area contributed by atoms with Crippen LogP contribution >= 0.6 is 0 Å². The number of fused-ring (bicyclic) bond motifs is 3. The third-order valence-electron chi connectivity index (χ3n) is 3.92. The van der Waals surface area contributed by atoms with Crippen LogP contribution < -0.4 is 15.2 Å². The quantitative estimate of drug-likeness (QED) is 0.830. The smallest absolute Gasteiger partial charge is 0.387 e. The summed E-state index contributed by atoms with van der Waals surface area (Å²) in [5.74, 6) is -3.47. The molecule has 2 unspecified atom stereocenters. The van der Waals surface area contributed by atoms with E-state index in [1.54, 1.807) is 0 Å². The zero-order valence-electron chi connectivity index (χ0n) is 11.8. The van der Waals surface area contributed by atoms with E-state index in [9.17, 15) is 22.8 Å². The molecule has 3 rings (SSSR count). The van der Waals surface area contributed by atoms with Gasteiger partial charge in [-0.3, -0.25) is 9.59 Å². The number of hydrogen-bond acceptors (Lipinski definition) is 4. The van der Waals surface area contributed by atoms with E-state index in [4.69, 9.17) is 10.5 Å². The van der Waals surface area contributed by atoms with E-state index in [0.717, 1.165) is 12.1 Å². The number of piperidine rings is 1. The summed E-state index contributed by atoms with van der Waals surface area (Å²) < 4.78 is 48.2. The van der Waals surface area contributed by atoms with Gasteiger partial charge in [-0.1, -0.05) is 0 Å². The maximum absolute atomic E-state index is 13.9. The maximum Gasteiger partial charge on any atom is 0.387 e. The van der Waals surface area contributed by atoms with Crippen LogP contribution in [0.5, 0.6) is 11.5 Å². The number of likely N-dealkylation sites (tertiary alicyclic amines) is 1. The summed E-state index contributed by atoms with van der Waals surface area (Å²) >= 11 is 0. The largest absolute Gasteiger partial charge is 0.487 e. The van der Waals surface area contributed by atoms with Crippen LogP contribution in [0.1, 0.15) is 24.4 Å². The first kappa shape index (κ1) is 15.4. The molecule has 2 N–H and O–H groups in total. The normalized spacial score (nSPS) is 22.3.